The van der Waals surface area contributed by atoms with Gasteiger partial charge in [0, 0.05) is 13.1 Å². The van der Waals surface area contributed by atoms with Crippen molar-refractivity contribution in [1.82, 2.24) is 4.90 Å². The Balaban J connectivity index is 1.76. The molecule has 1 aliphatic heterocycles. The van der Waals surface area contributed by atoms with Crippen LogP contribution in [-0.2, 0) is 11.2 Å². The van der Waals surface area contributed by atoms with E-state index in [9.17, 15) is 4.79 Å². The molecule has 0 saturated carbocycles. The lowest BCUT2D eigenvalue weighted by Crippen LogP contribution is -2.40. The van der Waals surface area contributed by atoms with Gasteiger partial charge in [0.1, 0.15) is 6.10 Å². The van der Waals surface area contributed by atoms with Crippen molar-refractivity contribution in [2.45, 2.75) is 38.4 Å². The van der Waals surface area contributed by atoms with E-state index in [4.69, 9.17) is 9.84 Å². The molecule has 1 aliphatic rings. The van der Waals surface area contributed by atoms with Crippen LogP contribution in [0.15, 0.2) is 54.6 Å². The maximum Gasteiger partial charge on any atom is 0.407 e. The third kappa shape index (κ3) is 4.40. The topological polar surface area (TPSA) is 49.8 Å². The predicted molar refractivity (Wildman–Crippen MR) is 97.8 cm³/mol. The van der Waals surface area contributed by atoms with Crippen LogP contribution in [0.4, 0.5) is 4.79 Å². The Morgan fingerprint density at radius 2 is 1.68 bits per heavy atom. The standard InChI is InChI=1S/C21H25NO3/c1-2-16-8-10-18(11-9-16)20(17-6-4-3-5-7-17)25-19-12-14-22(15-13-19)21(23)24/h3-11,19-20H,2,12-15H2,1H3,(H,23,24). The highest BCUT2D eigenvalue weighted by Crippen LogP contribution is 2.30. The van der Waals surface area contributed by atoms with E-state index in [1.54, 1.807) is 0 Å². The predicted octanol–water partition coefficient (Wildman–Crippen LogP) is 4.50. The Morgan fingerprint density at radius 1 is 1.08 bits per heavy atom. The molecular weight excluding hydrogens is 314 g/mol. The molecule has 1 saturated heterocycles. The minimum absolute atomic E-state index is 0.0756. The maximum atomic E-state index is 11.1. The molecule has 4 heteroatoms. The lowest BCUT2D eigenvalue weighted by Gasteiger charge is -2.33. The molecule has 2 aromatic carbocycles. The second-order valence-electron chi connectivity index (χ2n) is 6.49. The number of likely N-dealkylation sites (tertiary alicyclic amines) is 1. The van der Waals surface area contributed by atoms with Crippen LogP contribution >= 0.6 is 0 Å². The molecule has 1 N–H and O–H groups in total. The Bertz CT molecular complexity index is 676. The molecule has 2 aromatic rings. The van der Waals surface area contributed by atoms with Gasteiger partial charge in [0.05, 0.1) is 6.10 Å². The number of benzene rings is 2. The van der Waals surface area contributed by atoms with Gasteiger partial charge in [0.25, 0.3) is 0 Å². The van der Waals surface area contributed by atoms with Gasteiger partial charge in [-0.1, -0.05) is 61.5 Å². The van der Waals surface area contributed by atoms with Crippen molar-refractivity contribution in [3.05, 3.63) is 71.3 Å². The van der Waals surface area contributed by atoms with Crippen molar-refractivity contribution in [1.29, 1.82) is 0 Å². The lowest BCUT2D eigenvalue weighted by molar-refractivity contribution is -0.0240. The van der Waals surface area contributed by atoms with E-state index in [1.807, 2.05) is 18.2 Å². The summed E-state index contributed by atoms with van der Waals surface area (Å²) in [5.74, 6) is 0. The number of piperidine rings is 1. The second kappa shape index (κ2) is 8.17. The van der Waals surface area contributed by atoms with Crippen molar-refractivity contribution in [3.8, 4) is 0 Å². The first-order valence-corrected chi connectivity index (χ1v) is 8.94. The highest BCUT2D eigenvalue weighted by Gasteiger charge is 2.26. The number of amides is 1. The van der Waals surface area contributed by atoms with Crippen LogP contribution in [0, 0.1) is 0 Å². The Kier molecular flexibility index (Phi) is 5.71. The first kappa shape index (κ1) is 17.5. The van der Waals surface area contributed by atoms with E-state index >= 15 is 0 Å². The van der Waals surface area contributed by atoms with E-state index in [-0.39, 0.29) is 12.2 Å². The lowest BCUT2D eigenvalue weighted by atomic mass is 9.98. The first-order chi connectivity index (χ1) is 12.2. The Hall–Kier alpha value is -2.33. The van der Waals surface area contributed by atoms with Gasteiger partial charge in [-0.2, -0.15) is 0 Å². The number of hydrogen-bond donors (Lipinski definition) is 1. The molecule has 3 rings (SSSR count). The normalized spacial score (nSPS) is 16.6. The molecule has 1 amide bonds. The summed E-state index contributed by atoms with van der Waals surface area (Å²) in [5, 5.41) is 9.10. The first-order valence-electron chi connectivity index (χ1n) is 8.94. The maximum absolute atomic E-state index is 11.1. The number of hydrogen-bond acceptors (Lipinski definition) is 2. The quantitative estimate of drug-likeness (QED) is 0.873. The number of aryl methyl sites for hydroxylation is 1. The molecule has 0 aromatic heterocycles. The Morgan fingerprint density at radius 3 is 2.24 bits per heavy atom. The van der Waals surface area contributed by atoms with Crippen LogP contribution in [0.5, 0.6) is 0 Å². The van der Waals surface area contributed by atoms with E-state index in [0.717, 1.165) is 30.4 Å². The number of nitrogens with zero attached hydrogens (tertiary/aromatic N) is 1. The summed E-state index contributed by atoms with van der Waals surface area (Å²) in [4.78, 5) is 12.5. The van der Waals surface area contributed by atoms with Crippen molar-refractivity contribution in [3.63, 3.8) is 0 Å². The SMILES string of the molecule is CCc1ccc(C(OC2CCN(C(=O)O)CC2)c2ccccc2)cc1. The molecule has 1 unspecified atom stereocenters. The summed E-state index contributed by atoms with van der Waals surface area (Å²) >= 11 is 0. The zero-order chi connectivity index (χ0) is 17.6. The van der Waals surface area contributed by atoms with Gasteiger partial charge in [-0.3, -0.25) is 0 Å². The van der Waals surface area contributed by atoms with E-state index in [2.05, 4.69) is 43.3 Å². The fourth-order valence-electron chi connectivity index (χ4n) is 3.28. The van der Waals surface area contributed by atoms with Crippen LogP contribution < -0.4 is 0 Å². The third-order valence-electron chi connectivity index (χ3n) is 4.83. The van der Waals surface area contributed by atoms with Crippen LogP contribution in [0.3, 0.4) is 0 Å². The molecule has 0 spiro atoms. The summed E-state index contributed by atoms with van der Waals surface area (Å²) in [6, 6.07) is 18.8. The zero-order valence-corrected chi connectivity index (χ0v) is 14.6. The summed E-state index contributed by atoms with van der Waals surface area (Å²) in [7, 11) is 0. The Labute approximate surface area is 149 Å². The molecule has 1 atom stereocenters. The van der Waals surface area contributed by atoms with Gasteiger partial charge in [-0.25, -0.2) is 4.79 Å². The van der Waals surface area contributed by atoms with Crippen molar-refractivity contribution >= 4 is 6.09 Å². The van der Waals surface area contributed by atoms with E-state index in [0.29, 0.717) is 13.1 Å². The largest absolute Gasteiger partial charge is 0.465 e. The fraction of sp³-hybridized carbons (Fsp3) is 0.381. The number of carboxylic acid groups (broad SMARTS) is 1. The van der Waals surface area contributed by atoms with E-state index < -0.39 is 6.09 Å². The van der Waals surface area contributed by atoms with Crippen molar-refractivity contribution in [2.24, 2.45) is 0 Å². The highest BCUT2D eigenvalue weighted by atomic mass is 16.5. The molecule has 0 radical (unpaired) electrons. The molecular formula is C21H25NO3. The molecule has 1 fully saturated rings. The smallest absolute Gasteiger partial charge is 0.407 e. The summed E-state index contributed by atoms with van der Waals surface area (Å²) in [6.07, 6.45) is 1.62. The summed E-state index contributed by atoms with van der Waals surface area (Å²) in [5.41, 5.74) is 3.59. The zero-order valence-electron chi connectivity index (χ0n) is 14.6. The molecule has 25 heavy (non-hydrogen) atoms. The molecule has 132 valence electrons. The van der Waals surface area contributed by atoms with Gasteiger partial charge in [-0.05, 0) is 36.0 Å². The van der Waals surface area contributed by atoms with Crippen LogP contribution in [0.25, 0.3) is 0 Å². The summed E-state index contributed by atoms with van der Waals surface area (Å²) in [6.45, 7) is 3.23. The number of carbonyl (C=O) groups is 1. The van der Waals surface area contributed by atoms with Gasteiger partial charge in [-0.15, -0.1) is 0 Å². The van der Waals surface area contributed by atoms with Gasteiger partial charge >= 0.3 is 6.09 Å². The van der Waals surface area contributed by atoms with E-state index in [1.165, 1.54) is 10.5 Å². The molecule has 4 nitrogen and oxygen atoms in total. The fourth-order valence-corrected chi connectivity index (χ4v) is 3.28. The van der Waals surface area contributed by atoms with Crippen LogP contribution in [0.2, 0.25) is 0 Å². The third-order valence-corrected chi connectivity index (χ3v) is 4.83. The average Bonchev–Trinajstić information content (AvgIpc) is 2.67. The molecule has 1 heterocycles. The van der Waals surface area contributed by atoms with Crippen LogP contribution in [-0.4, -0.2) is 35.3 Å². The van der Waals surface area contributed by atoms with Crippen LogP contribution in [0.1, 0.15) is 42.6 Å². The highest BCUT2D eigenvalue weighted by molar-refractivity contribution is 5.65. The van der Waals surface area contributed by atoms with Gasteiger partial charge in [0.2, 0.25) is 0 Å². The molecule has 0 aliphatic carbocycles. The van der Waals surface area contributed by atoms with Gasteiger partial charge < -0.3 is 14.7 Å². The number of ether oxygens (including phenoxy) is 1. The van der Waals surface area contributed by atoms with Crippen molar-refractivity contribution in [2.75, 3.05) is 13.1 Å². The number of rotatable bonds is 5. The molecule has 0 bridgehead atoms. The minimum atomic E-state index is -0.840. The van der Waals surface area contributed by atoms with Crippen molar-refractivity contribution < 1.29 is 14.6 Å². The van der Waals surface area contributed by atoms with Gasteiger partial charge in [0.15, 0.2) is 0 Å². The summed E-state index contributed by atoms with van der Waals surface area (Å²) < 4.78 is 6.45. The average molecular weight is 339 g/mol. The minimum Gasteiger partial charge on any atom is -0.465 e. The second-order valence-corrected chi connectivity index (χ2v) is 6.49. The monoisotopic (exact) mass is 339 g/mol.